The van der Waals surface area contributed by atoms with Gasteiger partial charge < -0.3 is 10.2 Å². The van der Waals surface area contributed by atoms with Crippen LogP contribution in [0.2, 0.25) is 0 Å². The highest BCUT2D eigenvalue weighted by Gasteiger charge is 2.35. The first kappa shape index (κ1) is 23.8. The summed E-state index contributed by atoms with van der Waals surface area (Å²) in [7, 11) is 0. The lowest BCUT2D eigenvalue weighted by Crippen LogP contribution is -2.54. The van der Waals surface area contributed by atoms with Gasteiger partial charge in [0.25, 0.3) is 5.91 Å². The van der Waals surface area contributed by atoms with Crippen LogP contribution in [0.15, 0.2) is 41.3 Å². The number of pyridine rings is 1. The fraction of sp³-hybridized carbons (Fsp3) is 0.640. The zero-order chi connectivity index (χ0) is 23.2. The molecule has 4 heterocycles. The van der Waals surface area contributed by atoms with Crippen molar-refractivity contribution in [2.75, 3.05) is 39.3 Å². The number of likely N-dealkylation sites (tertiary alicyclic amines) is 1. The number of piperidine rings is 1. The molecule has 2 unspecified atom stereocenters. The molecule has 1 amide bonds. The second kappa shape index (κ2) is 11.2. The summed E-state index contributed by atoms with van der Waals surface area (Å²) in [6.07, 6.45) is 8.14. The molecule has 2 saturated heterocycles. The number of aliphatic imine (C=N–C) groups is 1. The molecule has 0 aromatic carbocycles. The van der Waals surface area contributed by atoms with Crippen molar-refractivity contribution in [1.82, 2.24) is 25.0 Å². The van der Waals surface area contributed by atoms with E-state index in [4.69, 9.17) is 4.99 Å². The topological polar surface area (TPSA) is 64.1 Å². The third-order valence-electron chi connectivity index (χ3n) is 7.00. The van der Waals surface area contributed by atoms with E-state index in [0.717, 1.165) is 69.8 Å². The van der Waals surface area contributed by atoms with Gasteiger partial charge in [-0.25, -0.2) is 9.38 Å². The maximum atomic E-state index is 15.0. The van der Waals surface area contributed by atoms with E-state index < -0.39 is 6.17 Å². The van der Waals surface area contributed by atoms with E-state index in [2.05, 4.69) is 38.8 Å². The SMILES string of the molecule is CC(C)N1CCC(N2CCCN(C3=NC(C(=O)NCc4cccnc4)=CCC3)CC2)C(F)C1. The minimum absolute atomic E-state index is 0.0157. The van der Waals surface area contributed by atoms with Crippen LogP contribution in [0.4, 0.5) is 4.39 Å². The van der Waals surface area contributed by atoms with E-state index >= 15 is 0 Å². The predicted octanol–water partition coefficient (Wildman–Crippen LogP) is 2.60. The van der Waals surface area contributed by atoms with Crippen LogP contribution in [0, 0.1) is 0 Å². The van der Waals surface area contributed by atoms with Crippen molar-refractivity contribution in [3.05, 3.63) is 41.9 Å². The first-order valence-electron chi connectivity index (χ1n) is 12.3. The van der Waals surface area contributed by atoms with E-state index in [1.807, 2.05) is 18.2 Å². The Hall–Kier alpha value is -2.32. The van der Waals surface area contributed by atoms with Crippen LogP contribution >= 0.6 is 0 Å². The third-order valence-corrected chi connectivity index (χ3v) is 7.00. The van der Waals surface area contributed by atoms with Gasteiger partial charge in [-0.05, 0) is 44.7 Å². The number of halogens is 1. The molecule has 2 fully saturated rings. The molecule has 7 nitrogen and oxygen atoms in total. The average molecular weight is 457 g/mol. The van der Waals surface area contributed by atoms with E-state index in [-0.39, 0.29) is 11.9 Å². The van der Waals surface area contributed by atoms with Crippen LogP contribution in [-0.4, -0.2) is 89.0 Å². The quantitative estimate of drug-likeness (QED) is 0.738. The predicted molar refractivity (Wildman–Crippen MR) is 129 cm³/mol. The Morgan fingerprint density at radius 3 is 2.88 bits per heavy atom. The summed E-state index contributed by atoms with van der Waals surface area (Å²) in [5.41, 5.74) is 1.45. The normalized spacial score (nSPS) is 25.4. The molecular formula is C25H37FN6O. The Morgan fingerprint density at radius 2 is 2.12 bits per heavy atom. The molecule has 1 aromatic rings. The van der Waals surface area contributed by atoms with Gasteiger partial charge in [-0.1, -0.05) is 12.1 Å². The highest BCUT2D eigenvalue weighted by Crippen LogP contribution is 2.23. The Bertz CT molecular complexity index is 858. The molecular weight excluding hydrogens is 419 g/mol. The number of rotatable bonds is 5. The Kier molecular flexibility index (Phi) is 8.09. The van der Waals surface area contributed by atoms with E-state index in [0.29, 0.717) is 24.8 Å². The maximum Gasteiger partial charge on any atom is 0.269 e. The number of nitrogens with zero attached hydrogens (tertiary/aromatic N) is 5. The van der Waals surface area contributed by atoms with Gasteiger partial charge in [0.2, 0.25) is 0 Å². The lowest BCUT2D eigenvalue weighted by atomic mass is 10.00. The lowest BCUT2D eigenvalue weighted by molar-refractivity contribution is -0.117. The van der Waals surface area contributed by atoms with Crippen LogP contribution in [0.25, 0.3) is 0 Å². The number of carbonyl (C=O) groups excluding carboxylic acids is 1. The van der Waals surface area contributed by atoms with Crippen molar-refractivity contribution in [1.29, 1.82) is 0 Å². The van der Waals surface area contributed by atoms with Crippen LogP contribution < -0.4 is 5.32 Å². The number of aromatic nitrogens is 1. The fourth-order valence-electron chi connectivity index (χ4n) is 5.05. The number of amidine groups is 1. The van der Waals surface area contributed by atoms with E-state index in [9.17, 15) is 9.18 Å². The molecule has 0 saturated carbocycles. The first-order valence-corrected chi connectivity index (χ1v) is 12.3. The van der Waals surface area contributed by atoms with Crippen LogP contribution in [0.3, 0.4) is 0 Å². The zero-order valence-corrected chi connectivity index (χ0v) is 19.9. The van der Waals surface area contributed by atoms with Crippen molar-refractivity contribution in [2.45, 2.75) is 64.3 Å². The minimum Gasteiger partial charge on any atom is -0.359 e. The van der Waals surface area contributed by atoms with Gasteiger partial charge in [0, 0.05) is 76.7 Å². The first-order chi connectivity index (χ1) is 16.0. The number of hydrogen-bond donors (Lipinski definition) is 1. The molecule has 0 spiro atoms. The second-order valence-corrected chi connectivity index (χ2v) is 9.54. The maximum absolute atomic E-state index is 15.0. The molecule has 0 bridgehead atoms. The largest absolute Gasteiger partial charge is 0.359 e. The fourth-order valence-corrected chi connectivity index (χ4v) is 5.05. The summed E-state index contributed by atoms with van der Waals surface area (Å²) in [6, 6.07) is 4.22. The standard InChI is InChI=1S/C25H37FN6O/c1-19(2)32-13-9-23(21(26)18-32)30-11-5-12-31(15-14-30)24-8-3-7-22(29-24)25(33)28-17-20-6-4-10-27-16-20/h4,6-7,10,16,19,21,23H,3,5,8-9,11-15,17-18H2,1-2H3,(H,28,33). The summed E-state index contributed by atoms with van der Waals surface area (Å²) in [4.78, 5) is 28.4. The zero-order valence-electron chi connectivity index (χ0n) is 19.9. The van der Waals surface area contributed by atoms with Gasteiger partial charge in [0.15, 0.2) is 0 Å². The number of alkyl halides is 1. The van der Waals surface area contributed by atoms with E-state index in [1.165, 1.54) is 0 Å². The molecule has 2 atom stereocenters. The lowest BCUT2D eigenvalue weighted by Gasteiger charge is -2.41. The van der Waals surface area contributed by atoms with Crippen molar-refractivity contribution in [3.63, 3.8) is 0 Å². The molecule has 1 N–H and O–H groups in total. The summed E-state index contributed by atoms with van der Waals surface area (Å²) in [5.74, 6) is 0.835. The number of allylic oxidation sites excluding steroid dienone is 1. The average Bonchev–Trinajstić information content (AvgIpc) is 3.09. The van der Waals surface area contributed by atoms with Gasteiger partial charge in [-0.15, -0.1) is 0 Å². The number of amides is 1. The molecule has 0 aliphatic carbocycles. The third kappa shape index (κ3) is 6.18. The summed E-state index contributed by atoms with van der Waals surface area (Å²) in [5, 5.41) is 2.94. The summed E-state index contributed by atoms with van der Waals surface area (Å²) < 4.78 is 15.0. The molecule has 3 aliphatic heterocycles. The second-order valence-electron chi connectivity index (χ2n) is 9.54. The van der Waals surface area contributed by atoms with Gasteiger partial charge in [-0.3, -0.25) is 19.6 Å². The molecule has 33 heavy (non-hydrogen) atoms. The Morgan fingerprint density at radius 1 is 1.24 bits per heavy atom. The monoisotopic (exact) mass is 456 g/mol. The van der Waals surface area contributed by atoms with E-state index in [1.54, 1.807) is 12.4 Å². The highest BCUT2D eigenvalue weighted by atomic mass is 19.1. The number of carbonyl (C=O) groups is 1. The number of nitrogens with one attached hydrogen (secondary N) is 1. The molecule has 0 radical (unpaired) electrons. The van der Waals surface area contributed by atoms with Crippen LogP contribution in [-0.2, 0) is 11.3 Å². The van der Waals surface area contributed by atoms with Crippen molar-refractivity contribution < 1.29 is 9.18 Å². The van der Waals surface area contributed by atoms with Gasteiger partial charge in [0.05, 0.1) is 0 Å². The highest BCUT2D eigenvalue weighted by molar-refractivity contribution is 5.98. The molecule has 4 rings (SSSR count). The Balaban J connectivity index is 1.31. The Labute approximate surface area is 196 Å². The van der Waals surface area contributed by atoms with Gasteiger partial charge in [-0.2, -0.15) is 0 Å². The minimum atomic E-state index is -0.794. The molecule has 8 heteroatoms. The van der Waals surface area contributed by atoms with Crippen LogP contribution in [0.1, 0.15) is 45.1 Å². The molecule has 3 aliphatic rings. The smallest absolute Gasteiger partial charge is 0.269 e. The number of hydrogen-bond acceptors (Lipinski definition) is 6. The molecule has 180 valence electrons. The summed E-state index contributed by atoms with van der Waals surface area (Å²) in [6.45, 7) is 9.74. The van der Waals surface area contributed by atoms with Gasteiger partial charge in [0.1, 0.15) is 17.7 Å². The summed E-state index contributed by atoms with van der Waals surface area (Å²) >= 11 is 0. The van der Waals surface area contributed by atoms with Crippen molar-refractivity contribution >= 4 is 11.7 Å². The van der Waals surface area contributed by atoms with Gasteiger partial charge >= 0.3 is 0 Å². The van der Waals surface area contributed by atoms with Crippen molar-refractivity contribution in [2.24, 2.45) is 4.99 Å². The van der Waals surface area contributed by atoms with Crippen molar-refractivity contribution in [3.8, 4) is 0 Å². The van der Waals surface area contributed by atoms with Crippen LogP contribution in [0.5, 0.6) is 0 Å². The molecule has 1 aromatic heterocycles.